The van der Waals surface area contributed by atoms with Crippen LogP contribution in [0.15, 0.2) is 54.6 Å². The van der Waals surface area contributed by atoms with Gasteiger partial charge in [0.1, 0.15) is 6.10 Å². The SMILES string of the molecule is O=C(c1ccc(OC2CCNCC2)c(F)c1)N1CCC2(C=CCCC2)Cc2ccccc21. The summed E-state index contributed by atoms with van der Waals surface area (Å²) in [4.78, 5) is 15.4. The van der Waals surface area contributed by atoms with E-state index in [1.807, 2.05) is 23.1 Å². The van der Waals surface area contributed by atoms with E-state index < -0.39 is 5.82 Å². The smallest absolute Gasteiger partial charge is 0.258 e. The van der Waals surface area contributed by atoms with E-state index in [0.29, 0.717) is 12.1 Å². The number of halogens is 1. The highest BCUT2D eigenvalue weighted by Crippen LogP contribution is 2.43. The van der Waals surface area contributed by atoms with Crippen LogP contribution in [0, 0.1) is 11.2 Å². The van der Waals surface area contributed by atoms with E-state index in [-0.39, 0.29) is 23.2 Å². The lowest BCUT2D eigenvalue weighted by molar-refractivity contribution is 0.0984. The predicted octanol–water partition coefficient (Wildman–Crippen LogP) is 5.28. The van der Waals surface area contributed by atoms with Crippen LogP contribution in [0.1, 0.15) is 54.4 Å². The van der Waals surface area contributed by atoms with Crippen molar-refractivity contribution >= 4 is 11.6 Å². The number of piperidine rings is 1. The molecule has 2 aromatic rings. The van der Waals surface area contributed by atoms with Gasteiger partial charge in [-0.15, -0.1) is 0 Å². The summed E-state index contributed by atoms with van der Waals surface area (Å²) in [6.45, 7) is 2.40. The van der Waals surface area contributed by atoms with Crippen molar-refractivity contribution in [1.82, 2.24) is 5.32 Å². The van der Waals surface area contributed by atoms with Crippen LogP contribution in [-0.4, -0.2) is 31.6 Å². The number of ether oxygens (including phenoxy) is 1. The zero-order valence-corrected chi connectivity index (χ0v) is 18.5. The van der Waals surface area contributed by atoms with Gasteiger partial charge in [0, 0.05) is 17.8 Å². The van der Waals surface area contributed by atoms with Crippen LogP contribution in [0.5, 0.6) is 5.75 Å². The van der Waals surface area contributed by atoms with Gasteiger partial charge in [0.25, 0.3) is 5.91 Å². The van der Waals surface area contributed by atoms with Crippen molar-refractivity contribution in [2.24, 2.45) is 5.41 Å². The number of nitrogens with one attached hydrogen (secondary N) is 1. The summed E-state index contributed by atoms with van der Waals surface area (Å²) < 4.78 is 20.7. The van der Waals surface area contributed by atoms with Crippen molar-refractivity contribution in [2.45, 2.75) is 51.0 Å². The summed E-state index contributed by atoms with van der Waals surface area (Å²) in [5.41, 5.74) is 2.62. The summed E-state index contributed by atoms with van der Waals surface area (Å²) in [6, 6.07) is 12.8. The first-order valence-corrected chi connectivity index (χ1v) is 11.9. The first-order valence-electron chi connectivity index (χ1n) is 11.9. The molecule has 5 heteroatoms. The quantitative estimate of drug-likeness (QED) is 0.669. The number of benzene rings is 2. The molecule has 0 saturated carbocycles. The third-order valence-corrected chi connectivity index (χ3v) is 7.18. The molecule has 4 nitrogen and oxygen atoms in total. The number of anilines is 1. The molecule has 1 fully saturated rings. The summed E-state index contributed by atoms with van der Waals surface area (Å²) in [5, 5.41) is 3.28. The lowest BCUT2D eigenvalue weighted by Gasteiger charge is -2.32. The van der Waals surface area contributed by atoms with E-state index in [0.717, 1.165) is 57.3 Å². The minimum atomic E-state index is -0.468. The Morgan fingerprint density at radius 1 is 1.12 bits per heavy atom. The minimum absolute atomic E-state index is 0.0181. The second kappa shape index (κ2) is 9.07. The fourth-order valence-corrected chi connectivity index (χ4v) is 5.38. The van der Waals surface area contributed by atoms with Gasteiger partial charge in [-0.05, 0) is 93.3 Å². The van der Waals surface area contributed by atoms with Gasteiger partial charge in [0.05, 0.1) is 0 Å². The van der Waals surface area contributed by atoms with Gasteiger partial charge in [-0.2, -0.15) is 0 Å². The Morgan fingerprint density at radius 3 is 2.75 bits per heavy atom. The Balaban J connectivity index is 1.39. The highest BCUT2D eigenvalue weighted by Gasteiger charge is 2.35. The van der Waals surface area contributed by atoms with Gasteiger partial charge >= 0.3 is 0 Å². The molecule has 2 aliphatic heterocycles. The van der Waals surface area contributed by atoms with Gasteiger partial charge in [0.15, 0.2) is 11.6 Å². The third kappa shape index (κ3) is 4.31. The highest BCUT2D eigenvalue weighted by molar-refractivity contribution is 6.06. The van der Waals surface area contributed by atoms with Crippen molar-refractivity contribution in [1.29, 1.82) is 0 Å². The summed E-state index contributed by atoms with van der Waals surface area (Å²) in [7, 11) is 0. The number of nitrogens with zero attached hydrogens (tertiary/aromatic N) is 1. The van der Waals surface area contributed by atoms with Gasteiger partial charge in [-0.3, -0.25) is 4.79 Å². The molecule has 5 rings (SSSR count). The average molecular weight is 435 g/mol. The number of amides is 1. The van der Waals surface area contributed by atoms with Crippen molar-refractivity contribution in [3.63, 3.8) is 0 Å². The fraction of sp³-hybridized carbons (Fsp3) is 0.444. The molecule has 1 aliphatic carbocycles. The van der Waals surface area contributed by atoms with E-state index >= 15 is 0 Å². The number of rotatable bonds is 3. The maximum Gasteiger partial charge on any atom is 0.258 e. The molecule has 0 radical (unpaired) electrons. The standard InChI is InChI=1S/C27H31FN2O2/c28-23-18-20(8-9-25(23)32-22-10-15-29-16-11-22)26(31)30-17-14-27(12-4-1-5-13-27)19-21-6-2-3-7-24(21)30/h2-4,6-9,12,18,22,29H,1,5,10-11,13-17,19H2. The number of para-hydroxylation sites is 1. The molecule has 1 amide bonds. The lowest BCUT2D eigenvalue weighted by Crippen LogP contribution is -2.34. The van der Waals surface area contributed by atoms with E-state index in [1.54, 1.807) is 12.1 Å². The Hall–Kier alpha value is -2.66. The molecule has 1 atom stereocenters. The van der Waals surface area contributed by atoms with E-state index in [4.69, 9.17) is 4.74 Å². The normalized spacial score (nSPS) is 23.6. The van der Waals surface area contributed by atoms with Crippen molar-refractivity contribution in [3.05, 3.63) is 71.6 Å². The summed E-state index contributed by atoms with van der Waals surface area (Å²) in [6.07, 6.45) is 11.7. The summed E-state index contributed by atoms with van der Waals surface area (Å²) in [5.74, 6) is -0.387. The number of fused-ring (bicyclic) bond motifs is 1. The van der Waals surface area contributed by atoms with Gasteiger partial charge in [0.2, 0.25) is 0 Å². The fourth-order valence-electron chi connectivity index (χ4n) is 5.38. The highest BCUT2D eigenvalue weighted by atomic mass is 19.1. The Kier molecular flexibility index (Phi) is 6.01. The van der Waals surface area contributed by atoms with Crippen molar-refractivity contribution in [2.75, 3.05) is 24.5 Å². The molecule has 1 spiro atoms. The maximum atomic E-state index is 14.9. The molecule has 2 heterocycles. The monoisotopic (exact) mass is 434 g/mol. The number of hydrogen-bond acceptors (Lipinski definition) is 3. The second-order valence-corrected chi connectivity index (χ2v) is 9.38. The molecular weight excluding hydrogens is 403 g/mol. The van der Waals surface area contributed by atoms with Crippen LogP contribution in [0.4, 0.5) is 10.1 Å². The topological polar surface area (TPSA) is 41.6 Å². The van der Waals surface area contributed by atoms with Crippen molar-refractivity contribution in [3.8, 4) is 5.75 Å². The van der Waals surface area contributed by atoms with Crippen molar-refractivity contribution < 1.29 is 13.9 Å². The van der Waals surface area contributed by atoms with Gasteiger partial charge in [-0.25, -0.2) is 4.39 Å². The Labute approximate surface area is 189 Å². The lowest BCUT2D eigenvalue weighted by atomic mass is 9.72. The van der Waals surface area contributed by atoms with Gasteiger partial charge < -0.3 is 15.0 Å². The van der Waals surface area contributed by atoms with Crippen LogP contribution in [0.2, 0.25) is 0 Å². The zero-order valence-electron chi connectivity index (χ0n) is 18.5. The first-order chi connectivity index (χ1) is 15.6. The number of carbonyl (C=O) groups excluding carboxylic acids is 1. The zero-order chi connectivity index (χ0) is 22.0. The second-order valence-electron chi connectivity index (χ2n) is 9.38. The van der Waals surface area contributed by atoms with Crippen LogP contribution >= 0.6 is 0 Å². The summed E-state index contributed by atoms with van der Waals surface area (Å²) >= 11 is 0. The predicted molar refractivity (Wildman–Crippen MR) is 125 cm³/mol. The number of carbonyl (C=O) groups is 1. The largest absolute Gasteiger partial charge is 0.487 e. The van der Waals surface area contributed by atoms with Crippen LogP contribution in [-0.2, 0) is 6.42 Å². The van der Waals surface area contributed by atoms with Crippen LogP contribution < -0.4 is 15.0 Å². The Bertz CT molecular complexity index is 1010. The van der Waals surface area contributed by atoms with Gasteiger partial charge in [-0.1, -0.05) is 30.4 Å². The van der Waals surface area contributed by atoms with Crippen LogP contribution in [0.3, 0.4) is 0 Å². The molecule has 0 bridgehead atoms. The number of hydrogen-bond donors (Lipinski definition) is 1. The third-order valence-electron chi connectivity index (χ3n) is 7.18. The molecule has 2 aromatic carbocycles. The molecular formula is C27H31FN2O2. The molecule has 1 unspecified atom stereocenters. The molecule has 32 heavy (non-hydrogen) atoms. The molecule has 1 N–H and O–H groups in total. The maximum absolute atomic E-state index is 14.9. The molecule has 168 valence electrons. The number of allylic oxidation sites excluding steroid dienone is 2. The first kappa shape index (κ1) is 21.2. The molecule has 0 aromatic heterocycles. The van der Waals surface area contributed by atoms with E-state index in [1.165, 1.54) is 18.1 Å². The van der Waals surface area contributed by atoms with Crippen LogP contribution in [0.25, 0.3) is 0 Å². The average Bonchev–Trinajstić information content (AvgIpc) is 2.98. The molecule has 3 aliphatic rings. The minimum Gasteiger partial charge on any atom is -0.487 e. The molecule has 1 saturated heterocycles. The van der Waals surface area contributed by atoms with E-state index in [2.05, 4.69) is 23.5 Å². The Morgan fingerprint density at radius 2 is 1.97 bits per heavy atom. The van der Waals surface area contributed by atoms with E-state index in [9.17, 15) is 9.18 Å².